The second kappa shape index (κ2) is 12.0. The van der Waals surface area contributed by atoms with Crippen molar-refractivity contribution in [3.8, 4) is 5.88 Å². The van der Waals surface area contributed by atoms with E-state index in [1.807, 2.05) is 44.4 Å². The van der Waals surface area contributed by atoms with E-state index in [0.717, 1.165) is 44.6 Å². The van der Waals surface area contributed by atoms with Crippen LogP contribution in [0.4, 0.5) is 4.79 Å². The van der Waals surface area contributed by atoms with E-state index in [2.05, 4.69) is 41.7 Å². The Bertz CT molecular complexity index is 1460. The summed E-state index contributed by atoms with van der Waals surface area (Å²) in [6.07, 6.45) is 2.03. The molecular formula is C31H36N4O3. The first-order chi connectivity index (χ1) is 18.3. The standard InChI is InChI=1S/C31H36N4O3/c1-5-35-28(17-24-9-11-25(12-10-24)20-34-13-7-6-8-29(34)36)23(4)16-30(35)38-31(37)33-19-27-21(2)14-26(18-32)15-22(27)3/h6-16H,5,17-20,32H2,1-4H3,(H,33,37). The molecule has 0 atom stereocenters. The SMILES string of the molecule is CCn1c(OC(=O)NCc2c(C)cc(CN)cc2C)cc(C)c1Cc1ccc(Cn2ccccc2=O)cc1. The summed E-state index contributed by atoms with van der Waals surface area (Å²) in [6.45, 7) is 10.2. The fourth-order valence-electron chi connectivity index (χ4n) is 4.87. The molecule has 4 rings (SSSR count). The second-order valence-corrected chi connectivity index (χ2v) is 9.67. The van der Waals surface area contributed by atoms with Crippen LogP contribution in [0, 0.1) is 20.8 Å². The third kappa shape index (κ3) is 6.23. The summed E-state index contributed by atoms with van der Waals surface area (Å²) in [7, 11) is 0. The topological polar surface area (TPSA) is 91.3 Å². The Hall–Kier alpha value is -4.10. The summed E-state index contributed by atoms with van der Waals surface area (Å²) in [5.74, 6) is 0.532. The highest BCUT2D eigenvalue weighted by Gasteiger charge is 2.16. The van der Waals surface area contributed by atoms with Crippen molar-refractivity contribution in [2.24, 2.45) is 5.73 Å². The van der Waals surface area contributed by atoms with Gasteiger partial charge in [-0.15, -0.1) is 0 Å². The maximum Gasteiger partial charge on any atom is 0.414 e. The predicted octanol–water partition coefficient (Wildman–Crippen LogP) is 4.98. The van der Waals surface area contributed by atoms with Gasteiger partial charge in [0, 0.05) is 50.1 Å². The number of benzene rings is 2. The first kappa shape index (κ1) is 26.9. The van der Waals surface area contributed by atoms with Crippen LogP contribution in [0.1, 0.15) is 51.6 Å². The number of nitrogens with two attached hydrogens (primary N) is 1. The molecule has 0 fully saturated rings. The van der Waals surface area contributed by atoms with Crippen LogP contribution in [0.15, 0.2) is 71.7 Å². The van der Waals surface area contributed by atoms with Crippen LogP contribution in [0.25, 0.3) is 0 Å². The number of amides is 1. The van der Waals surface area contributed by atoms with Gasteiger partial charge in [-0.05, 0) is 72.7 Å². The third-order valence-electron chi connectivity index (χ3n) is 6.95. The highest BCUT2D eigenvalue weighted by atomic mass is 16.6. The van der Waals surface area contributed by atoms with Gasteiger partial charge in [0.05, 0.1) is 6.54 Å². The van der Waals surface area contributed by atoms with Gasteiger partial charge in [0.2, 0.25) is 5.88 Å². The molecule has 1 amide bonds. The lowest BCUT2D eigenvalue weighted by molar-refractivity contribution is 0.196. The van der Waals surface area contributed by atoms with Gasteiger partial charge in [0.1, 0.15) is 0 Å². The Balaban J connectivity index is 1.42. The quantitative estimate of drug-likeness (QED) is 0.331. The smallest absolute Gasteiger partial charge is 0.393 e. The lowest BCUT2D eigenvalue weighted by Crippen LogP contribution is -2.28. The van der Waals surface area contributed by atoms with Crippen molar-refractivity contribution in [1.29, 1.82) is 0 Å². The molecule has 0 spiro atoms. The van der Waals surface area contributed by atoms with Crippen LogP contribution in [-0.4, -0.2) is 15.2 Å². The molecule has 0 aliphatic carbocycles. The van der Waals surface area contributed by atoms with Crippen LogP contribution in [0.3, 0.4) is 0 Å². The average Bonchev–Trinajstić information content (AvgIpc) is 3.18. The average molecular weight is 513 g/mol. The van der Waals surface area contributed by atoms with E-state index in [1.54, 1.807) is 22.9 Å². The number of nitrogens with one attached hydrogen (secondary N) is 1. The molecule has 0 radical (unpaired) electrons. The molecule has 198 valence electrons. The number of carbonyl (C=O) groups is 1. The molecule has 7 heteroatoms. The number of carbonyl (C=O) groups excluding carboxylic acids is 1. The summed E-state index contributed by atoms with van der Waals surface area (Å²) in [5.41, 5.74) is 14.5. The van der Waals surface area contributed by atoms with Gasteiger partial charge in [-0.25, -0.2) is 4.79 Å². The zero-order chi connectivity index (χ0) is 27.2. The molecule has 0 aliphatic heterocycles. The number of hydrogen-bond acceptors (Lipinski definition) is 4. The molecule has 0 saturated heterocycles. The Morgan fingerprint density at radius 3 is 2.24 bits per heavy atom. The molecule has 0 unspecified atom stereocenters. The first-order valence-electron chi connectivity index (χ1n) is 13.0. The van der Waals surface area contributed by atoms with Crippen LogP contribution >= 0.6 is 0 Å². The molecule has 38 heavy (non-hydrogen) atoms. The summed E-state index contributed by atoms with van der Waals surface area (Å²) >= 11 is 0. The molecule has 0 saturated carbocycles. The molecule has 0 aliphatic rings. The number of hydrogen-bond donors (Lipinski definition) is 2. The van der Waals surface area contributed by atoms with Crippen molar-refractivity contribution < 1.29 is 9.53 Å². The zero-order valence-corrected chi connectivity index (χ0v) is 22.6. The predicted molar refractivity (Wildman–Crippen MR) is 151 cm³/mol. The van der Waals surface area contributed by atoms with Gasteiger partial charge in [-0.1, -0.05) is 42.5 Å². The van der Waals surface area contributed by atoms with Gasteiger partial charge < -0.3 is 24.9 Å². The molecule has 2 aromatic heterocycles. The van der Waals surface area contributed by atoms with E-state index in [4.69, 9.17) is 10.5 Å². The number of pyridine rings is 1. The van der Waals surface area contributed by atoms with Crippen LogP contribution in [0.5, 0.6) is 5.88 Å². The number of aryl methyl sites for hydroxylation is 3. The molecule has 3 N–H and O–H groups in total. The van der Waals surface area contributed by atoms with Crippen molar-refractivity contribution in [2.75, 3.05) is 0 Å². The summed E-state index contributed by atoms with van der Waals surface area (Å²) in [5, 5.41) is 2.90. The van der Waals surface area contributed by atoms with Crippen LogP contribution in [-0.2, 0) is 32.6 Å². The van der Waals surface area contributed by atoms with Crippen molar-refractivity contribution >= 4 is 6.09 Å². The van der Waals surface area contributed by atoms with Crippen molar-refractivity contribution in [3.05, 3.63) is 122 Å². The van der Waals surface area contributed by atoms with E-state index in [9.17, 15) is 9.59 Å². The Morgan fingerprint density at radius 2 is 1.61 bits per heavy atom. The Morgan fingerprint density at radius 1 is 0.921 bits per heavy atom. The number of rotatable bonds is 9. The third-order valence-corrected chi connectivity index (χ3v) is 6.95. The van der Waals surface area contributed by atoms with Gasteiger partial charge in [0.15, 0.2) is 0 Å². The van der Waals surface area contributed by atoms with E-state index in [1.165, 1.54) is 0 Å². The largest absolute Gasteiger partial charge is 0.414 e. The molecule has 0 bridgehead atoms. The van der Waals surface area contributed by atoms with Gasteiger partial charge in [-0.3, -0.25) is 4.79 Å². The highest BCUT2D eigenvalue weighted by Crippen LogP contribution is 2.25. The lowest BCUT2D eigenvalue weighted by Gasteiger charge is -2.15. The summed E-state index contributed by atoms with van der Waals surface area (Å²) in [4.78, 5) is 24.7. The second-order valence-electron chi connectivity index (χ2n) is 9.67. The van der Waals surface area contributed by atoms with Crippen LogP contribution < -0.4 is 21.3 Å². The normalized spacial score (nSPS) is 11.0. The number of ether oxygens (including phenoxy) is 1. The van der Waals surface area contributed by atoms with Gasteiger partial charge in [-0.2, -0.15) is 0 Å². The van der Waals surface area contributed by atoms with Gasteiger partial charge >= 0.3 is 6.09 Å². The number of aromatic nitrogens is 2. The molecule has 2 aromatic carbocycles. The van der Waals surface area contributed by atoms with E-state index in [0.29, 0.717) is 38.5 Å². The van der Waals surface area contributed by atoms with E-state index >= 15 is 0 Å². The van der Waals surface area contributed by atoms with Crippen molar-refractivity contribution in [3.63, 3.8) is 0 Å². The maximum absolute atomic E-state index is 12.7. The maximum atomic E-state index is 12.7. The van der Waals surface area contributed by atoms with Crippen molar-refractivity contribution in [2.45, 2.75) is 60.3 Å². The summed E-state index contributed by atoms with van der Waals surface area (Å²) < 4.78 is 9.47. The fraction of sp³-hybridized carbons (Fsp3) is 0.290. The number of nitrogens with zero attached hydrogens (tertiary/aromatic N) is 2. The van der Waals surface area contributed by atoms with E-state index < -0.39 is 6.09 Å². The lowest BCUT2D eigenvalue weighted by atomic mass is 9.99. The zero-order valence-electron chi connectivity index (χ0n) is 22.6. The van der Waals surface area contributed by atoms with Gasteiger partial charge in [0.25, 0.3) is 5.56 Å². The highest BCUT2D eigenvalue weighted by molar-refractivity contribution is 5.70. The molecule has 7 nitrogen and oxygen atoms in total. The Kier molecular flexibility index (Phi) is 8.48. The first-order valence-corrected chi connectivity index (χ1v) is 13.0. The minimum Gasteiger partial charge on any atom is -0.393 e. The Labute approximate surface area is 223 Å². The van der Waals surface area contributed by atoms with Crippen molar-refractivity contribution in [1.82, 2.24) is 14.5 Å². The minimum atomic E-state index is -0.481. The monoisotopic (exact) mass is 512 g/mol. The van der Waals surface area contributed by atoms with Crippen LogP contribution in [0.2, 0.25) is 0 Å². The molecule has 2 heterocycles. The summed E-state index contributed by atoms with van der Waals surface area (Å²) in [6, 6.07) is 19.5. The van der Waals surface area contributed by atoms with E-state index in [-0.39, 0.29) is 5.56 Å². The minimum absolute atomic E-state index is 0.0145. The molecule has 4 aromatic rings. The molecular weight excluding hydrogens is 476 g/mol. The fourth-order valence-corrected chi connectivity index (χ4v) is 4.87.